The molecule has 0 spiro atoms. The lowest BCUT2D eigenvalue weighted by atomic mass is 10.0. The van der Waals surface area contributed by atoms with Gasteiger partial charge in [-0.05, 0) is 38.1 Å². The van der Waals surface area contributed by atoms with Crippen LogP contribution in [0.1, 0.15) is 46.0 Å². The highest BCUT2D eigenvalue weighted by atomic mass is 16.4. The van der Waals surface area contributed by atoms with Crippen molar-refractivity contribution in [1.82, 2.24) is 10.6 Å². The van der Waals surface area contributed by atoms with Crippen LogP contribution in [-0.2, 0) is 19.2 Å². The molecule has 0 aliphatic rings. The minimum absolute atomic E-state index is 0.0463. The molecule has 0 fully saturated rings. The highest BCUT2D eigenvalue weighted by Gasteiger charge is 2.29. The third kappa shape index (κ3) is 9.33. The number of amides is 3. The summed E-state index contributed by atoms with van der Waals surface area (Å²) in [6, 6.07) is -2.99. The standard InChI is InChI=1S/C16H31N5O5/c1-9(2)13(21-14(23)10(18)6-7-12(19)22)15(24)20-11(16(25)26)5-3-4-8-17/h9-11,13H,3-8,17-18H2,1-2H3,(H2,19,22)(H,20,24)(H,21,23)(H,25,26)/t10-,11-,13-/m0/s1. The number of nitrogens with two attached hydrogens (primary N) is 3. The maximum atomic E-state index is 12.4. The number of carboxylic acids is 1. The van der Waals surface area contributed by atoms with Crippen molar-refractivity contribution >= 4 is 23.7 Å². The van der Waals surface area contributed by atoms with E-state index in [4.69, 9.17) is 17.2 Å². The Morgan fingerprint density at radius 1 is 1.00 bits per heavy atom. The van der Waals surface area contributed by atoms with Crippen molar-refractivity contribution in [2.75, 3.05) is 6.54 Å². The summed E-state index contributed by atoms with van der Waals surface area (Å²) < 4.78 is 0. The Morgan fingerprint density at radius 3 is 2.08 bits per heavy atom. The number of carboxylic acid groups (broad SMARTS) is 1. The van der Waals surface area contributed by atoms with Gasteiger partial charge < -0.3 is 32.9 Å². The highest BCUT2D eigenvalue weighted by Crippen LogP contribution is 2.07. The van der Waals surface area contributed by atoms with E-state index in [0.29, 0.717) is 19.4 Å². The molecule has 3 amide bonds. The second-order valence-corrected chi connectivity index (χ2v) is 6.53. The Morgan fingerprint density at radius 2 is 1.62 bits per heavy atom. The first-order valence-electron chi connectivity index (χ1n) is 8.67. The number of carbonyl (C=O) groups excluding carboxylic acids is 3. The van der Waals surface area contributed by atoms with Gasteiger partial charge in [-0.2, -0.15) is 0 Å². The largest absolute Gasteiger partial charge is 0.480 e. The van der Waals surface area contributed by atoms with Gasteiger partial charge in [0.1, 0.15) is 12.1 Å². The molecule has 0 bridgehead atoms. The Kier molecular flexibility index (Phi) is 11.2. The molecule has 0 radical (unpaired) electrons. The summed E-state index contributed by atoms with van der Waals surface area (Å²) in [6.07, 6.45) is 1.47. The van der Waals surface area contributed by atoms with E-state index in [1.54, 1.807) is 13.8 Å². The second-order valence-electron chi connectivity index (χ2n) is 6.53. The maximum absolute atomic E-state index is 12.4. The molecule has 10 nitrogen and oxygen atoms in total. The van der Waals surface area contributed by atoms with Gasteiger partial charge in [0.25, 0.3) is 0 Å². The SMILES string of the molecule is CC(C)[C@H](NC(=O)[C@@H](N)CCC(N)=O)C(=O)N[C@@H](CCCCN)C(=O)O. The molecular formula is C16H31N5O5. The van der Waals surface area contributed by atoms with E-state index in [1.165, 1.54) is 0 Å². The molecule has 0 aliphatic carbocycles. The third-order valence-electron chi connectivity index (χ3n) is 3.85. The monoisotopic (exact) mass is 373 g/mol. The molecule has 3 atom stereocenters. The van der Waals surface area contributed by atoms with Gasteiger partial charge in [-0.1, -0.05) is 13.8 Å². The van der Waals surface area contributed by atoms with Gasteiger partial charge >= 0.3 is 5.97 Å². The lowest BCUT2D eigenvalue weighted by molar-refractivity contribution is -0.142. The summed E-state index contributed by atoms with van der Waals surface area (Å²) in [5.74, 6) is -3.22. The molecule has 0 aromatic rings. The van der Waals surface area contributed by atoms with Crippen LogP contribution in [0.3, 0.4) is 0 Å². The van der Waals surface area contributed by atoms with E-state index in [1.807, 2.05) is 0 Å². The van der Waals surface area contributed by atoms with E-state index in [9.17, 15) is 24.3 Å². The second kappa shape index (κ2) is 12.2. The first-order chi connectivity index (χ1) is 12.1. The molecule has 0 saturated heterocycles. The quantitative estimate of drug-likeness (QED) is 0.210. The molecule has 0 saturated carbocycles. The zero-order valence-electron chi connectivity index (χ0n) is 15.4. The van der Waals surface area contributed by atoms with Gasteiger partial charge in [-0.15, -0.1) is 0 Å². The van der Waals surface area contributed by atoms with Crippen LogP contribution in [0.4, 0.5) is 0 Å². The lowest BCUT2D eigenvalue weighted by Gasteiger charge is -2.25. The fraction of sp³-hybridized carbons (Fsp3) is 0.750. The molecule has 150 valence electrons. The lowest BCUT2D eigenvalue weighted by Crippen LogP contribution is -2.56. The Bertz CT molecular complexity index is 497. The Labute approximate surface area is 153 Å². The molecule has 0 unspecified atom stereocenters. The Balaban J connectivity index is 4.84. The summed E-state index contributed by atoms with van der Waals surface area (Å²) in [4.78, 5) is 46.6. The van der Waals surface area contributed by atoms with E-state index in [0.717, 1.165) is 0 Å². The number of hydrogen-bond donors (Lipinski definition) is 6. The number of aliphatic carboxylic acids is 1. The average molecular weight is 373 g/mol. The number of carbonyl (C=O) groups is 4. The number of hydrogen-bond acceptors (Lipinski definition) is 6. The molecular weight excluding hydrogens is 342 g/mol. The van der Waals surface area contributed by atoms with Gasteiger partial charge in [0, 0.05) is 6.42 Å². The van der Waals surface area contributed by atoms with Crippen molar-refractivity contribution in [3.63, 3.8) is 0 Å². The molecule has 0 rings (SSSR count). The number of primary amides is 1. The average Bonchev–Trinajstić information content (AvgIpc) is 2.55. The van der Waals surface area contributed by atoms with Crippen molar-refractivity contribution in [2.45, 2.75) is 64.1 Å². The summed E-state index contributed by atoms with van der Waals surface area (Å²) >= 11 is 0. The highest BCUT2D eigenvalue weighted by molar-refractivity contribution is 5.92. The van der Waals surface area contributed by atoms with Crippen LogP contribution in [0, 0.1) is 5.92 Å². The molecule has 0 aliphatic heterocycles. The summed E-state index contributed by atoms with van der Waals surface area (Å²) in [5, 5.41) is 14.2. The van der Waals surface area contributed by atoms with Gasteiger partial charge in [-0.25, -0.2) is 4.79 Å². The topological polar surface area (TPSA) is 191 Å². The van der Waals surface area contributed by atoms with E-state index in [-0.39, 0.29) is 25.2 Å². The molecule has 9 N–H and O–H groups in total. The van der Waals surface area contributed by atoms with Gasteiger partial charge in [-0.3, -0.25) is 14.4 Å². The fourth-order valence-corrected chi connectivity index (χ4v) is 2.24. The predicted octanol–water partition coefficient (Wildman–Crippen LogP) is -1.58. The zero-order valence-corrected chi connectivity index (χ0v) is 15.4. The van der Waals surface area contributed by atoms with Crippen molar-refractivity contribution in [1.29, 1.82) is 0 Å². The van der Waals surface area contributed by atoms with E-state index < -0.39 is 41.8 Å². The minimum atomic E-state index is -1.15. The minimum Gasteiger partial charge on any atom is -0.480 e. The van der Waals surface area contributed by atoms with Crippen molar-refractivity contribution in [3.8, 4) is 0 Å². The van der Waals surface area contributed by atoms with Crippen molar-refractivity contribution in [3.05, 3.63) is 0 Å². The first kappa shape index (κ1) is 23.8. The van der Waals surface area contributed by atoms with Crippen LogP contribution in [-0.4, -0.2) is 53.5 Å². The smallest absolute Gasteiger partial charge is 0.326 e. The van der Waals surface area contributed by atoms with Gasteiger partial charge in [0.05, 0.1) is 6.04 Å². The third-order valence-corrected chi connectivity index (χ3v) is 3.85. The number of rotatable bonds is 13. The molecule has 10 heteroatoms. The summed E-state index contributed by atoms with van der Waals surface area (Å²) in [5.41, 5.74) is 16.1. The molecule has 0 aromatic carbocycles. The van der Waals surface area contributed by atoms with Crippen molar-refractivity contribution in [2.24, 2.45) is 23.1 Å². The van der Waals surface area contributed by atoms with Crippen LogP contribution in [0.25, 0.3) is 0 Å². The van der Waals surface area contributed by atoms with Gasteiger partial charge in [0.15, 0.2) is 0 Å². The summed E-state index contributed by atoms with van der Waals surface area (Å²) in [6.45, 7) is 3.86. The van der Waals surface area contributed by atoms with Crippen LogP contribution >= 0.6 is 0 Å². The summed E-state index contributed by atoms with van der Waals surface area (Å²) in [7, 11) is 0. The predicted molar refractivity (Wildman–Crippen MR) is 95.6 cm³/mol. The molecule has 26 heavy (non-hydrogen) atoms. The van der Waals surface area contributed by atoms with Crippen LogP contribution in [0.5, 0.6) is 0 Å². The molecule has 0 aromatic heterocycles. The number of unbranched alkanes of at least 4 members (excludes halogenated alkanes) is 1. The zero-order chi connectivity index (χ0) is 20.3. The fourth-order valence-electron chi connectivity index (χ4n) is 2.24. The normalized spacial score (nSPS) is 14.3. The number of nitrogens with one attached hydrogen (secondary N) is 2. The van der Waals surface area contributed by atoms with Crippen LogP contribution in [0.15, 0.2) is 0 Å². The van der Waals surface area contributed by atoms with E-state index in [2.05, 4.69) is 10.6 Å². The van der Waals surface area contributed by atoms with Crippen molar-refractivity contribution < 1.29 is 24.3 Å². The first-order valence-corrected chi connectivity index (χ1v) is 8.67. The van der Waals surface area contributed by atoms with Crippen LogP contribution in [0.2, 0.25) is 0 Å². The van der Waals surface area contributed by atoms with Crippen LogP contribution < -0.4 is 27.8 Å². The maximum Gasteiger partial charge on any atom is 0.326 e. The molecule has 0 heterocycles. The Hall–Kier alpha value is -2.20. The van der Waals surface area contributed by atoms with E-state index >= 15 is 0 Å². The van der Waals surface area contributed by atoms with Gasteiger partial charge in [0.2, 0.25) is 17.7 Å².